The molecule has 1 aliphatic rings. The standard InChI is InChI=1S/C14H24N4S/c1-10(2)14-17-12(15-3)8-13(18-14)16-9-11-4-6-19-7-5-11/h8,10-11H,4-7,9H2,1-3H3,(H2,15,16,17,18). The van der Waals surface area contributed by atoms with Gasteiger partial charge in [0.2, 0.25) is 0 Å². The van der Waals surface area contributed by atoms with Gasteiger partial charge < -0.3 is 10.6 Å². The Morgan fingerprint density at radius 2 is 1.95 bits per heavy atom. The molecular weight excluding hydrogens is 256 g/mol. The molecule has 2 N–H and O–H groups in total. The monoisotopic (exact) mass is 280 g/mol. The molecule has 1 saturated heterocycles. The Morgan fingerprint density at radius 3 is 2.58 bits per heavy atom. The van der Waals surface area contributed by atoms with Gasteiger partial charge in [-0.2, -0.15) is 11.8 Å². The van der Waals surface area contributed by atoms with Crippen LogP contribution in [0, 0.1) is 5.92 Å². The van der Waals surface area contributed by atoms with Crippen molar-refractivity contribution in [3.8, 4) is 0 Å². The summed E-state index contributed by atoms with van der Waals surface area (Å²) in [5, 5.41) is 6.59. The largest absolute Gasteiger partial charge is 0.373 e. The second-order valence-corrected chi connectivity index (χ2v) is 6.56. The summed E-state index contributed by atoms with van der Waals surface area (Å²) in [4.78, 5) is 9.08. The van der Waals surface area contributed by atoms with E-state index < -0.39 is 0 Å². The third-order valence-electron chi connectivity index (χ3n) is 3.43. The molecule has 1 fully saturated rings. The molecule has 2 rings (SSSR count). The molecule has 1 aliphatic heterocycles. The van der Waals surface area contributed by atoms with Crippen LogP contribution in [0.2, 0.25) is 0 Å². The van der Waals surface area contributed by atoms with Gasteiger partial charge in [-0.25, -0.2) is 9.97 Å². The minimum Gasteiger partial charge on any atom is -0.373 e. The van der Waals surface area contributed by atoms with E-state index in [1.807, 2.05) is 13.1 Å². The molecule has 0 atom stereocenters. The number of aromatic nitrogens is 2. The molecule has 106 valence electrons. The van der Waals surface area contributed by atoms with Crippen molar-refractivity contribution >= 4 is 23.4 Å². The average molecular weight is 280 g/mol. The molecule has 2 heterocycles. The smallest absolute Gasteiger partial charge is 0.135 e. The zero-order valence-electron chi connectivity index (χ0n) is 12.1. The van der Waals surface area contributed by atoms with Crippen LogP contribution in [0.4, 0.5) is 11.6 Å². The maximum Gasteiger partial charge on any atom is 0.135 e. The van der Waals surface area contributed by atoms with Crippen LogP contribution in [-0.2, 0) is 0 Å². The van der Waals surface area contributed by atoms with Crippen LogP contribution in [0.5, 0.6) is 0 Å². The first-order valence-corrected chi connectivity index (χ1v) is 8.23. The number of anilines is 2. The molecule has 19 heavy (non-hydrogen) atoms. The SMILES string of the molecule is CNc1cc(NCC2CCSCC2)nc(C(C)C)n1. The third-order valence-corrected chi connectivity index (χ3v) is 4.48. The van der Waals surface area contributed by atoms with E-state index in [4.69, 9.17) is 0 Å². The second-order valence-electron chi connectivity index (χ2n) is 5.34. The van der Waals surface area contributed by atoms with Gasteiger partial charge in [0.1, 0.15) is 17.5 Å². The number of hydrogen-bond acceptors (Lipinski definition) is 5. The number of nitrogens with one attached hydrogen (secondary N) is 2. The normalized spacial score (nSPS) is 16.6. The highest BCUT2D eigenvalue weighted by Gasteiger charge is 2.14. The Balaban J connectivity index is 2.00. The third kappa shape index (κ3) is 4.27. The lowest BCUT2D eigenvalue weighted by atomic mass is 10.0. The first kappa shape index (κ1) is 14.4. The minimum atomic E-state index is 0.347. The highest BCUT2D eigenvalue weighted by atomic mass is 32.2. The van der Waals surface area contributed by atoms with Gasteiger partial charge in [0.15, 0.2) is 0 Å². The maximum absolute atomic E-state index is 4.60. The molecule has 0 bridgehead atoms. The Morgan fingerprint density at radius 1 is 1.26 bits per heavy atom. The van der Waals surface area contributed by atoms with Crippen LogP contribution in [-0.4, -0.2) is 35.1 Å². The van der Waals surface area contributed by atoms with Crippen LogP contribution < -0.4 is 10.6 Å². The van der Waals surface area contributed by atoms with E-state index in [2.05, 4.69) is 46.2 Å². The van der Waals surface area contributed by atoms with Crippen LogP contribution in [0.25, 0.3) is 0 Å². The minimum absolute atomic E-state index is 0.347. The summed E-state index contributed by atoms with van der Waals surface area (Å²) < 4.78 is 0. The van der Waals surface area contributed by atoms with E-state index in [9.17, 15) is 0 Å². The van der Waals surface area contributed by atoms with Crippen LogP contribution in [0.1, 0.15) is 38.4 Å². The predicted molar refractivity (Wildman–Crippen MR) is 84.2 cm³/mol. The van der Waals surface area contributed by atoms with Crippen molar-refractivity contribution in [3.63, 3.8) is 0 Å². The van der Waals surface area contributed by atoms with Gasteiger partial charge in [-0.1, -0.05) is 13.8 Å². The Bertz CT molecular complexity index is 402. The number of hydrogen-bond donors (Lipinski definition) is 2. The van der Waals surface area contributed by atoms with Crippen molar-refractivity contribution in [2.45, 2.75) is 32.6 Å². The van der Waals surface area contributed by atoms with Gasteiger partial charge >= 0.3 is 0 Å². The van der Waals surface area contributed by atoms with Gasteiger partial charge in [-0.05, 0) is 30.3 Å². The van der Waals surface area contributed by atoms with Crippen molar-refractivity contribution in [3.05, 3.63) is 11.9 Å². The van der Waals surface area contributed by atoms with Crippen molar-refractivity contribution in [1.29, 1.82) is 0 Å². The molecule has 0 aromatic carbocycles. The fraction of sp³-hybridized carbons (Fsp3) is 0.714. The molecule has 1 aromatic rings. The molecule has 0 saturated carbocycles. The van der Waals surface area contributed by atoms with E-state index in [0.29, 0.717) is 5.92 Å². The summed E-state index contributed by atoms with van der Waals surface area (Å²) in [7, 11) is 1.90. The summed E-state index contributed by atoms with van der Waals surface area (Å²) in [6.07, 6.45) is 2.64. The number of thioether (sulfide) groups is 1. The Labute approximate surface area is 120 Å². The van der Waals surface area contributed by atoms with Crippen molar-refractivity contribution < 1.29 is 0 Å². The molecule has 0 radical (unpaired) electrons. The van der Waals surface area contributed by atoms with Gasteiger partial charge in [0, 0.05) is 25.6 Å². The highest BCUT2D eigenvalue weighted by molar-refractivity contribution is 7.99. The summed E-state index contributed by atoms with van der Waals surface area (Å²) in [6, 6.07) is 1.99. The zero-order valence-corrected chi connectivity index (χ0v) is 12.9. The molecule has 0 spiro atoms. The van der Waals surface area contributed by atoms with E-state index in [1.165, 1.54) is 24.3 Å². The average Bonchev–Trinajstić information content (AvgIpc) is 2.45. The van der Waals surface area contributed by atoms with Gasteiger partial charge in [-0.3, -0.25) is 0 Å². The molecular formula is C14H24N4S. The topological polar surface area (TPSA) is 49.8 Å². The molecule has 5 heteroatoms. The Kier molecular flexibility index (Phi) is 5.31. The summed E-state index contributed by atoms with van der Waals surface area (Å²) in [5.41, 5.74) is 0. The van der Waals surface area contributed by atoms with Crippen LogP contribution >= 0.6 is 11.8 Å². The lowest BCUT2D eigenvalue weighted by Crippen LogP contribution is -2.20. The number of nitrogens with zero attached hydrogens (tertiary/aromatic N) is 2. The van der Waals surface area contributed by atoms with E-state index in [1.54, 1.807) is 0 Å². The van der Waals surface area contributed by atoms with Crippen LogP contribution in [0.3, 0.4) is 0 Å². The number of rotatable bonds is 5. The molecule has 4 nitrogen and oxygen atoms in total. The highest BCUT2D eigenvalue weighted by Crippen LogP contribution is 2.23. The second kappa shape index (κ2) is 6.98. The van der Waals surface area contributed by atoms with Gasteiger partial charge in [0.05, 0.1) is 0 Å². The fourth-order valence-corrected chi connectivity index (χ4v) is 3.35. The molecule has 1 aromatic heterocycles. The first-order chi connectivity index (χ1) is 9.19. The molecule has 0 aliphatic carbocycles. The van der Waals surface area contributed by atoms with Crippen LogP contribution in [0.15, 0.2) is 6.07 Å². The van der Waals surface area contributed by atoms with E-state index in [-0.39, 0.29) is 0 Å². The van der Waals surface area contributed by atoms with Gasteiger partial charge in [-0.15, -0.1) is 0 Å². The zero-order chi connectivity index (χ0) is 13.7. The van der Waals surface area contributed by atoms with Crippen molar-refractivity contribution in [2.75, 3.05) is 35.7 Å². The maximum atomic E-state index is 4.60. The van der Waals surface area contributed by atoms with Crippen molar-refractivity contribution in [1.82, 2.24) is 9.97 Å². The lowest BCUT2D eigenvalue weighted by Gasteiger charge is -2.22. The quantitative estimate of drug-likeness (QED) is 0.867. The predicted octanol–water partition coefficient (Wildman–Crippen LogP) is 3.20. The fourth-order valence-electron chi connectivity index (χ4n) is 2.14. The summed E-state index contributed by atoms with van der Waals surface area (Å²) in [6.45, 7) is 5.27. The van der Waals surface area contributed by atoms with Crippen molar-refractivity contribution in [2.24, 2.45) is 5.92 Å². The summed E-state index contributed by atoms with van der Waals surface area (Å²) >= 11 is 2.07. The van der Waals surface area contributed by atoms with E-state index in [0.717, 1.165) is 29.9 Å². The first-order valence-electron chi connectivity index (χ1n) is 7.07. The molecule has 0 amide bonds. The lowest BCUT2D eigenvalue weighted by molar-refractivity contribution is 0.515. The Hall–Kier alpha value is -0.970. The summed E-state index contributed by atoms with van der Waals surface area (Å²) in [5.74, 6) is 6.47. The molecule has 0 unspecified atom stereocenters. The van der Waals surface area contributed by atoms with E-state index >= 15 is 0 Å². The van der Waals surface area contributed by atoms with Gasteiger partial charge in [0.25, 0.3) is 0 Å².